The number of fused-ring (bicyclic) bond motifs is 3. The summed E-state index contributed by atoms with van der Waals surface area (Å²) in [7, 11) is 0. The Labute approximate surface area is 188 Å². The zero-order chi connectivity index (χ0) is 21.7. The van der Waals surface area contributed by atoms with Crippen molar-refractivity contribution in [3.05, 3.63) is 70.1 Å². The number of nitrogens with one attached hydrogen (secondary N) is 2. The third kappa shape index (κ3) is 3.20. The standard InChI is InChI=1S/C25H21N3O3S/c29-23(19-13-14-7-1-2-8-15(14)25(30)31-19)28-24-21(16-9-3-6-12-20(16)32-24)22-26-17-10-4-5-11-18(17)27-22/h1-2,4-5,7-8,10-11,19H,3,6,9,12-13H2,(H,26,27)(H,28,29). The molecule has 3 heterocycles. The van der Waals surface area contributed by atoms with E-state index in [2.05, 4.69) is 10.3 Å². The molecule has 160 valence electrons. The highest BCUT2D eigenvalue weighted by Crippen LogP contribution is 2.44. The summed E-state index contributed by atoms with van der Waals surface area (Å²) in [6.45, 7) is 0. The Morgan fingerprint density at radius 2 is 1.91 bits per heavy atom. The molecule has 0 fully saturated rings. The fourth-order valence-electron chi connectivity index (χ4n) is 4.65. The first kappa shape index (κ1) is 19.3. The maximum absolute atomic E-state index is 13.2. The smallest absolute Gasteiger partial charge is 0.339 e. The van der Waals surface area contributed by atoms with Gasteiger partial charge in [0.15, 0.2) is 6.10 Å². The van der Waals surface area contributed by atoms with Crippen LogP contribution in [-0.4, -0.2) is 27.9 Å². The lowest BCUT2D eigenvalue weighted by Gasteiger charge is -2.23. The highest BCUT2D eigenvalue weighted by atomic mass is 32.1. The number of aryl methyl sites for hydroxylation is 1. The molecule has 1 aliphatic carbocycles. The largest absolute Gasteiger partial charge is 0.448 e. The summed E-state index contributed by atoms with van der Waals surface area (Å²) in [4.78, 5) is 35.1. The second-order valence-corrected chi connectivity index (χ2v) is 9.37. The second-order valence-electron chi connectivity index (χ2n) is 8.26. The molecule has 6 rings (SSSR count). The number of carbonyl (C=O) groups excluding carboxylic acids is 2. The van der Waals surface area contributed by atoms with Crippen molar-refractivity contribution in [2.45, 2.75) is 38.2 Å². The Bertz CT molecular complexity index is 1340. The van der Waals surface area contributed by atoms with Crippen molar-refractivity contribution in [3.63, 3.8) is 0 Å². The Balaban J connectivity index is 1.36. The van der Waals surface area contributed by atoms with E-state index in [1.54, 1.807) is 23.5 Å². The predicted octanol–water partition coefficient (Wildman–Crippen LogP) is 4.89. The highest BCUT2D eigenvalue weighted by molar-refractivity contribution is 7.17. The molecule has 6 nitrogen and oxygen atoms in total. The molecule has 7 heteroatoms. The Kier molecular flexibility index (Phi) is 4.57. The van der Waals surface area contributed by atoms with Crippen LogP contribution in [0.25, 0.3) is 22.4 Å². The minimum absolute atomic E-state index is 0.302. The Hall–Kier alpha value is -3.45. The second kappa shape index (κ2) is 7.60. The van der Waals surface area contributed by atoms with Gasteiger partial charge < -0.3 is 15.0 Å². The lowest BCUT2D eigenvalue weighted by molar-refractivity contribution is -0.125. The average molecular weight is 444 g/mol. The molecule has 0 saturated carbocycles. The predicted molar refractivity (Wildman–Crippen MR) is 124 cm³/mol. The molecule has 0 spiro atoms. The number of amides is 1. The van der Waals surface area contributed by atoms with Gasteiger partial charge in [-0.3, -0.25) is 4.79 Å². The molecule has 4 aromatic rings. The normalized spacial score (nSPS) is 17.5. The quantitative estimate of drug-likeness (QED) is 0.442. The fraction of sp³-hybridized carbons (Fsp3) is 0.240. The number of hydrogen-bond acceptors (Lipinski definition) is 5. The van der Waals surface area contributed by atoms with E-state index in [1.165, 1.54) is 10.4 Å². The van der Waals surface area contributed by atoms with Crippen LogP contribution in [0.2, 0.25) is 0 Å². The molecule has 2 N–H and O–H groups in total. The fourth-order valence-corrected chi connectivity index (χ4v) is 5.94. The molecule has 0 bridgehead atoms. The molecule has 2 aromatic carbocycles. The number of esters is 1. The number of H-pyrrole nitrogens is 1. The first-order valence-electron chi connectivity index (χ1n) is 10.9. The zero-order valence-corrected chi connectivity index (χ0v) is 18.1. The number of carbonyl (C=O) groups is 2. The first-order valence-corrected chi connectivity index (χ1v) is 11.7. The van der Waals surface area contributed by atoms with E-state index in [4.69, 9.17) is 9.72 Å². The SMILES string of the molecule is O=C1OC(C(=O)Nc2sc3c(c2-c2nc4ccccc4[nH]2)CCCC3)Cc2ccccc21. The van der Waals surface area contributed by atoms with E-state index in [0.29, 0.717) is 12.0 Å². The number of benzene rings is 2. The summed E-state index contributed by atoms with van der Waals surface area (Å²) in [5, 5.41) is 3.85. The molecular weight excluding hydrogens is 422 g/mol. The van der Waals surface area contributed by atoms with Crippen molar-refractivity contribution >= 4 is 39.2 Å². The molecule has 0 saturated heterocycles. The number of aromatic amines is 1. The van der Waals surface area contributed by atoms with Crippen LogP contribution < -0.4 is 5.32 Å². The van der Waals surface area contributed by atoms with Gasteiger partial charge in [-0.15, -0.1) is 11.3 Å². The van der Waals surface area contributed by atoms with Gasteiger partial charge >= 0.3 is 5.97 Å². The van der Waals surface area contributed by atoms with Crippen molar-refractivity contribution in [1.29, 1.82) is 0 Å². The highest BCUT2D eigenvalue weighted by Gasteiger charge is 2.33. The summed E-state index contributed by atoms with van der Waals surface area (Å²) < 4.78 is 5.47. The number of aromatic nitrogens is 2. The van der Waals surface area contributed by atoms with Gasteiger partial charge in [-0.05, 0) is 55.0 Å². The summed E-state index contributed by atoms with van der Waals surface area (Å²) in [6.07, 6.45) is 3.78. The van der Waals surface area contributed by atoms with E-state index >= 15 is 0 Å². The maximum Gasteiger partial charge on any atom is 0.339 e. The van der Waals surface area contributed by atoms with E-state index in [9.17, 15) is 9.59 Å². The van der Waals surface area contributed by atoms with E-state index in [-0.39, 0.29) is 5.91 Å². The van der Waals surface area contributed by atoms with Crippen molar-refractivity contribution in [1.82, 2.24) is 9.97 Å². The molecule has 1 aliphatic heterocycles. The number of cyclic esters (lactones) is 1. The van der Waals surface area contributed by atoms with E-state index in [1.807, 2.05) is 36.4 Å². The first-order chi connectivity index (χ1) is 15.7. The number of nitrogens with zero attached hydrogens (tertiary/aromatic N) is 1. The third-order valence-corrected chi connectivity index (χ3v) is 7.43. The van der Waals surface area contributed by atoms with Gasteiger partial charge in [0.05, 0.1) is 22.2 Å². The molecular formula is C25H21N3O3S. The van der Waals surface area contributed by atoms with Crippen molar-refractivity contribution < 1.29 is 14.3 Å². The number of thiophene rings is 1. The lowest BCUT2D eigenvalue weighted by atomic mass is 9.95. The van der Waals surface area contributed by atoms with Gasteiger partial charge in [0.1, 0.15) is 10.8 Å². The van der Waals surface area contributed by atoms with Crippen molar-refractivity contribution in [3.8, 4) is 11.4 Å². The van der Waals surface area contributed by atoms with Crippen LogP contribution in [0.15, 0.2) is 48.5 Å². The number of rotatable bonds is 3. The molecule has 2 aromatic heterocycles. The van der Waals surface area contributed by atoms with Gasteiger partial charge in [-0.25, -0.2) is 9.78 Å². The molecule has 2 aliphatic rings. The van der Waals surface area contributed by atoms with Crippen LogP contribution in [0.4, 0.5) is 5.00 Å². The Morgan fingerprint density at radius 1 is 1.09 bits per heavy atom. The number of ether oxygens (including phenoxy) is 1. The maximum atomic E-state index is 13.2. The minimum atomic E-state index is -0.847. The van der Waals surface area contributed by atoms with Crippen LogP contribution in [0, 0.1) is 0 Å². The van der Waals surface area contributed by atoms with Crippen LogP contribution in [0.3, 0.4) is 0 Å². The molecule has 1 atom stereocenters. The van der Waals surface area contributed by atoms with Gasteiger partial charge in [-0.2, -0.15) is 0 Å². The zero-order valence-electron chi connectivity index (χ0n) is 17.3. The molecule has 32 heavy (non-hydrogen) atoms. The van der Waals surface area contributed by atoms with Crippen LogP contribution in [-0.2, 0) is 28.8 Å². The van der Waals surface area contributed by atoms with Gasteiger partial charge in [0.25, 0.3) is 5.91 Å². The van der Waals surface area contributed by atoms with Crippen LogP contribution in [0.1, 0.15) is 39.2 Å². The number of imidazole rings is 1. The van der Waals surface area contributed by atoms with E-state index in [0.717, 1.165) is 58.7 Å². The van der Waals surface area contributed by atoms with Crippen molar-refractivity contribution in [2.75, 3.05) is 5.32 Å². The monoisotopic (exact) mass is 443 g/mol. The van der Waals surface area contributed by atoms with Gasteiger partial charge in [0, 0.05) is 11.3 Å². The van der Waals surface area contributed by atoms with E-state index < -0.39 is 12.1 Å². The average Bonchev–Trinajstić information content (AvgIpc) is 3.39. The summed E-state index contributed by atoms with van der Waals surface area (Å²) in [5.41, 5.74) is 5.47. The van der Waals surface area contributed by atoms with Gasteiger partial charge in [0.2, 0.25) is 0 Å². The number of anilines is 1. The third-order valence-electron chi connectivity index (χ3n) is 6.22. The number of hydrogen-bond donors (Lipinski definition) is 2. The van der Waals surface area contributed by atoms with Gasteiger partial charge in [-0.1, -0.05) is 30.3 Å². The topological polar surface area (TPSA) is 84.1 Å². The Morgan fingerprint density at radius 3 is 2.81 bits per heavy atom. The summed E-state index contributed by atoms with van der Waals surface area (Å²) >= 11 is 1.61. The minimum Gasteiger partial charge on any atom is -0.448 e. The van der Waals surface area contributed by atoms with Crippen molar-refractivity contribution in [2.24, 2.45) is 0 Å². The summed E-state index contributed by atoms with van der Waals surface area (Å²) in [5.74, 6) is 0.0191. The molecule has 0 radical (unpaired) electrons. The molecule has 1 unspecified atom stereocenters. The number of para-hydroxylation sites is 2. The lowest BCUT2D eigenvalue weighted by Crippen LogP contribution is -2.37. The van der Waals surface area contributed by atoms with Crippen LogP contribution >= 0.6 is 11.3 Å². The van der Waals surface area contributed by atoms with Crippen LogP contribution in [0.5, 0.6) is 0 Å². The molecule has 1 amide bonds. The summed E-state index contributed by atoms with van der Waals surface area (Å²) in [6, 6.07) is 15.2.